The number of hydrogen-bond acceptors (Lipinski definition) is 11. The molecule has 1 aliphatic heterocycles. The summed E-state index contributed by atoms with van der Waals surface area (Å²) in [6.45, 7) is 6.53. The number of anilines is 2. The Balaban J connectivity index is 0.00000106. The van der Waals surface area contributed by atoms with Crippen molar-refractivity contribution in [3.05, 3.63) is 43.1 Å². The van der Waals surface area contributed by atoms with Gasteiger partial charge in [-0.1, -0.05) is 31.2 Å². The number of nitrogens with zero attached hydrogens (tertiary/aromatic N) is 4. The summed E-state index contributed by atoms with van der Waals surface area (Å²) in [5, 5.41) is 16.5. The first-order chi connectivity index (χ1) is 18.5. The van der Waals surface area contributed by atoms with Crippen molar-refractivity contribution in [2.75, 3.05) is 18.1 Å². The second-order valence-electron chi connectivity index (χ2n) is 9.29. The summed E-state index contributed by atoms with van der Waals surface area (Å²) in [6, 6.07) is 7.03. The third kappa shape index (κ3) is 5.79. The molecule has 1 saturated carbocycles. The Morgan fingerprint density at radius 1 is 1.32 bits per heavy atom. The van der Waals surface area contributed by atoms with E-state index in [4.69, 9.17) is 19.5 Å². The van der Waals surface area contributed by atoms with Gasteiger partial charge in [-0.25, -0.2) is 25.3 Å². The minimum Gasteiger partial charge on any atom is -0.540 e. The van der Waals surface area contributed by atoms with Gasteiger partial charge in [0.05, 0.1) is 6.33 Å². The number of carbonyl (C=O) groups excluding carboxylic acids is 1. The van der Waals surface area contributed by atoms with Gasteiger partial charge in [0.25, 0.3) is 0 Å². The zero-order valence-corrected chi connectivity index (χ0v) is 27.6. The largest absolute Gasteiger partial charge is 2.00 e. The molecular weight excluding hydrogens is 770 g/mol. The van der Waals surface area contributed by atoms with Gasteiger partial charge in [-0.2, -0.15) is 23.8 Å². The van der Waals surface area contributed by atoms with E-state index in [0.29, 0.717) is 11.3 Å². The van der Waals surface area contributed by atoms with Crippen LogP contribution in [0.15, 0.2) is 36.7 Å². The van der Waals surface area contributed by atoms with Crippen LogP contribution >= 0.6 is 7.75 Å². The number of nitrogen functional groups attached to an aromatic ring is 1. The van der Waals surface area contributed by atoms with E-state index in [-0.39, 0.29) is 48.5 Å². The molecule has 5 N–H and O–H groups in total. The fourth-order valence-electron chi connectivity index (χ4n) is 4.36. The monoisotopic (exact) mass is 801 g/mol. The van der Waals surface area contributed by atoms with E-state index in [9.17, 15) is 14.5 Å². The van der Waals surface area contributed by atoms with Crippen LogP contribution in [0.5, 0.6) is 5.75 Å². The number of rotatable bonds is 9. The van der Waals surface area contributed by atoms with Crippen LogP contribution < -0.4 is 20.7 Å². The quantitative estimate of drug-likeness (QED) is 0.184. The van der Waals surface area contributed by atoms with E-state index < -0.39 is 43.5 Å². The molecule has 5 rings (SSSR count). The molecule has 3 heterocycles. The number of ether oxygens (including phenoxy) is 1. The number of benzene rings is 1. The maximum absolute atomic E-state index is 16.2. The summed E-state index contributed by atoms with van der Waals surface area (Å²) in [6.07, 6.45) is 1.00. The van der Waals surface area contributed by atoms with Crippen molar-refractivity contribution in [3.63, 3.8) is 0 Å². The van der Waals surface area contributed by atoms with Crippen molar-refractivity contribution in [2.45, 2.75) is 63.4 Å². The van der Waals surface area contributed by atoms with Crippen LogP contribution in [-0.4, -0.2) is 67.5 Å². The first-order valence-corrected chi connectivity index (χ1v) is 13.7. The Morgan fingerprint density at radius 2 is 1.98 bits per heavy atom. The van der Waals surface area contributed by atoms with Crippen LogP contribution in [0.3, 0.4) is 0 Å². The van der Waals surface area contributed by atoms with E-state index in [1.807, 2.05) is 20.3 Å². The number of halogens is 1. The van der Waals surface area contributed by atoms with Crippen molar-refractivity contribution >= 4 is 37.0 Å². The SMILES string of the molecule is CNc1nc(N)nc2c1ncn2[C@@H]1OC2C(OP(=O)(N[C@H](C)[C-]=O)Oc3ccccc3)[C@]2(O)[C@@]1(C)F.C[CH-]C.[U+2]. The molecule has 2 fully saturated rings. The Hall–Kier alpha value is -2.11. The van der Waals surface area contributed by atoms with Crippen molar-refractivity contribution in [1.29, 1.82) is 0 Å². The van der Waals surface area contributed by atoms with Gasteiger partial charge in [0.15, 0.2) is 34.5 Å². The van der Waals surface area contributed by atoms with E-state index in [0.717, 1.165) is 6.92 Å². The van der Waals surface area contributed by atoms with Crippen LogP contribution in [0.4, 0.5) is 16.2 Å². The normalized spacial score (nSPS) is 28.7. The van der Waals surface area contributed by atoms with Gasteiger partial charge >= 0.3 is 38.9 Å². The summed E-state index contributed by atoms with van der Waals surface area (Å²) < 4.78 is 48.0. The maximum Gasteiger partial charge on any atom is 2.00 e. The predicted molar refractivity (Wildman–Crippen MR) is 141 cm³/mol. The Bertz CT molecular complexity index is 1380. The molecule has 214 valence electrons. The fourth-order valence-corrected chi connectivity index (χ4v) is 6.02. The van der Waals surface area contributed by atoms with Gasteiger partial charge in [-0.05, 0) is 19.1 Å². The van der Waals surface area contributed by atoms with Crippen LogP contribution in [-0.2, 0) is 18.6 Å². The molecule has 2 aliphatic rings. The van der Waals surface area contributed by atoms with Crippen molar-refractivity contribution in [2.24, 2.45) is 0 Å². The maximum atomic E-state index is 16.2. The molecule has 1 saturated heterocycles. The molecule has 0 spiro atoms. The Kier molecular flexibility index (Phi) is 10.1. The smallest absolute Gasteiger partial charge is 0.540 e. The number of fused-ring (bicyclic) bond motifs is 2. The number of alkyl halides is 1. The second kappa shape index (κ2) is 12.4. The second-order valence-corrected chi connectivity index (χ2v) is 10.9. The van der Waals surface area contributed by atoms with Gasteiger partial charge in [0.1, 0.15) is 18.0 Å². The number of aliphatic hydroxyl groups is 1. The Morgan fingerprint density at radius 3 is 2.52 bits per heavy atom. The van der Waals surface area contributed by atoms with Crippen molar-refractivity contribution in [1.82, 2.24) is 24.6 Å². The molecule has 3 aromatic rings. The molecule has 7 atom stereocenters. The molecule has 1 aliphatic carbocycles. The van der Waals surface area contributed by atoms with Gasteiger partial charge in [0.2, 0.25) is 5.95 Å². The summed E-state index contributed by atoms with van der Waals surface area (Å²) in [7, 11) is -2.66. The van der Waals surface area contributed by atoms with Crippen LogP contribution in [0, 0.1) is 37.5 Å². The molecule has 1 aromatic carbocycles. The summed E-state index contributed by atoms with van der Waals surface area (Å²) in [4.78, 5) is 23.5. The van der Waals surface area contributed by atoms with Gasteiger partial charge < -0.3 is 36.6 Å². The van der Waals surface area contributed by atoms with Gasteiger partial charge in [-0.3, -0.25) is 9.09 Å². The Labute approximate surface area is 254 Å². The van der Waals surface area contributed by atoms with Crippen LogP contribution in [0.1, 0.15) is 33.9 Å². The number of hydrogen-bond donors (Lipinski definition) is 4. The third-order valence-corrected chi connectivity index (χ3v) is 7.89. The third-order valence-electron chi connectivity index (χ3n) is 6.23. The number of nitrogens with one attached hydrogen (secondary N) is 2. The zero-order chi connectivity index (χ0) is 28.6. The van der Waals surface area contributed by atoms with Gasteiger partial charge in [0, 0.05) is 7.05 Å². The number of para-hydroxylation sites is 1. The van der Waals surface area contributed by atoms with Gasteiger partial charge in [-0.15, -0.1) is 0 Å². The average Bonchev–Trinajstić information content (AvgIpc) is 3.14. The molecular formula is C24H31FN7O6PU. The first kappa shape index (κ1) is 32.4. The van der Waals surface area contributed by atoms with Crippen molar-refractivity contribution in [3.8, 4) is 5.75 Å². The summed E-state index contributed by atoms with van der Waals surface area (Å²) in [5.41, 5.74) is 1.66. The molecule has 13 nitrogen and oxygen atoms in total. The zero-order valence-electron chi connectivity index (χ0n) is 22.5. The van der Waals surface area contributed by atoms with Crippen LogP contribution in [0.25, 0.3) is 11.2 Å². The average molecular weight is 802 g/mol. The number of nitrogens with two attached hydrogens (primary N) is 1. The molecule has 40 heavy (non-hydrogen) atoms. The standard InChI is InChI=1S/C21H24FN7O6P.C3H7.U/c1-11(9-30)28-36(32,34-12-7-5-4-6-8-12)35-15-14-21(15,31)20(2,22)18(33-14)29-10-25-13-16(24-3)26-19(23)27-17(13)29;1-3-2;/h4-8,10-11,14-15,18,31H,1-3H3,(H,28,32)(H3,23,24,26,27);3H,1-2H3;/q2*-1;+2/t11-,14?,15?,18-,20+,21+,36?;;/m1../s1. The molecule has 3 unspecified atom stereocenters. The summed E-state index contributed by atoms with van der Waals surface area (Å²) in [5.74, 6) is 0.447. The van der Waals surface area contributed by atoms with E-state index in [1.54, 1.807) is 31.5 Å². The molecule has 0 radical (unpaired) electrons. The molecule has 0 amide bonds. The van der Waals surface area contributed by atoms with E-state index >= 15 is 4.39 Å². The van der Waals surface area contributed by atoms with Crippen molar-refractivity contribution < 1.29 is 63.8 Å². The topological polar surface area (TPSA) is 176 Å². The number of aromatic nitrogens is 4. The predicted octanol–water partition coefficient (Wildman–Crippen LogP) is 2.71. The fraction of sp³-hybridized carbons (Fsp3) is 0.458. The first-order valence-electron chi connectivity index (χ1n) is 12.1. The number of imidazole rings is 1. The van der Waals surface area contributed by atoms with E-state index in [2.05, 4.69) is 25.4 Å². The van der Waals surface area contributed by atoms with Crippen LogP contribution in [0.2, 0.25) is 0 Å². The molecule has 16 heteroatoms. The minimum absolute atomic E-state index is 0. The molecule has 0 bridgehead atoms. The molecule has 2 aromatic heterocycles. The van der Waals surface area contributed by atoms with E-state index in [1.165, 1.54) is 30.0 Å². The summed E-state index contributed by atoms with van der Waals surface area (Å²) >= 11 is 0. The minimum atomic E-state index is -4.28.